The molecule has 1 aliphatic carbocycles. The van der Waals surface area contributed by atoms with Crippen molar-refractivity contribution in [1.29, 1.82) is 0 Å². The Morgan fingerprint density at radius 2 is 1.96 bits per heavy atom. The predicted octanol–water partition coefficient (Wildman–Crippen LogP) is 4.96. The van der Waals surface area contributed by atoms with E-state index >= 15 is 0 Å². The van der Waals surface area contributed by atoms with Crippen LogP contribution in [0.2, 0.25) is 0 Å². The van der Waals surface area contributed by atoms with Gasteiger partial charge in [0.2, 0.25) is 0 Å². The highest BCUT2D eigenvalue weighted by atomic mass is 15.1. The van der Waals surface area contributed by atoms with Gasteiger partial charge in [-0.2, -0.15) is 5.10 Å². The molecule has 0 aliphatic heterocycles. The maximum absolute atomic E-state index is 6.13. The number of benzene rings is 1. The minimum atomic E-state index is -0.0857. The number of fused-ring (bicyclic) bond motifs is 2. The average molecular weight is 369 g/mol. The summed E-state index contributed by atoms with van der Waals surface area (Å²) in [5.74, 6) is 7.81. The molecule has 0 unspecified atom stereocenters. The lowest BCUT2D eigenvalue weighted by Gasteiger charge is -2.08. The second-order valence-corrected chi connectivity index (χ2v) is 8.67. The first-order valence-electron chi connectivity index (χ1n) is 9.68. The summed E-state index contributed by atoms with van der Waals surface area (Å²) in [7, 11) is 0. The molecule has 5 heteroatoms. The van der Waals surface area contributed by atoms with Gasteiger partial charge in [0.25, 0.3) is 0 Å². The molecule has 1 aliphatic rings. The van der Waals surface area contributed by atoms with Crippen molar-refractivity contribution in [2.45, 2.75) is 39.5 Å². The van der Waals surface area contributed by atoms with Crippen LogP contribution in [0, 0.1) is 17.3 Å². The highest BCUT2D eigenvalue weighted by molar-refractivity contribution is 6.00. The molecule has 5 nitrogen and oxygen atoms in total. The van der Waals surface area contributed by atoms with Gasteiger partial charge in [-0.25, -0.2) is 4.98 Å². The van der Waals surface area contributed by atoms with E-state index in [-0.39, 0.29) is 5.41 Å². The fourth-order valence-electron chi connectivity index (χ4n) is 3.56. The smallest absolute Gasteiger partial charge is 0.153 e. The number of hydrogen-bond acceptors (Lipinski definition) is 3. The minimum Gasteiger partial charge on any atom is -0.382 e. The van der Waals surface area contributed by atoms with Crippen molar-refractivity contribution < 1.29 is 0 Å². The Morgan fingerprint density at radius 1 is 1.14 bits per heavy atom. The monoisotopic (exact) mass is 369 g/mol. The van der Waals surface area contributed by atoms with Crippen LogP contribution in [0.5, 0.6) is 0 Å². The van der Waals surface area contributed by atoms with Gasteiger partial charge in [0.1, 0.15) is 5.65 Å². The number of nitrogen functional groups attached to an aromatic ring is 1. The van der Waals surface area contributed by atoms with E-state index in [0.29, 0.717) is 11.7 Å². The molecule has 0 atom stereocenters. The molecular weight excluding hydrogens is 346 g/mol. The topological polar surface area (TPSA) is 83.4 Å². The fourth-order valence-corrected chi connectivity index (χ4v) is 3.56. The Hall–Kier alpha value is -3.26. The lowest BCUT2D eigenvalue weighted by molar-refractivity contribution is 0.571. The van der Waals surface area contributed by atoms with Crippen molar-refractivity contribution in [3.63, 3.8) is 0 Å². The number of rotatable bonds is 2. The second-order valence-electron chi connectivity index (χ2n) is 8.67. The van der Waals surface area contributed by atoms with E-state index in [9.17, 15) is 0 Å². The van der Waals surface area contributed by atoms with Gasteiger partial charge in [0.15, 0.2) is 5.82 Å². The SMILES string of the molecule is CC(C)(C)C#Cc1cc(-c2ccnc3[nH]c(C4CC4)cc23)cc2c(N)n[nH]c12. The van der Waals surface area contributed by atoms with Gasteiger partial charge in [0.05, 0.1) is 11.1 Å². The van der Waals surface area contributed by atoms with Gasteiger partial charge in [-0.3, -0.25) is 5.10 Å². The van der Waals surface area contributed by atoms with Crippen molar-refractivity contribution in [2.75, 3.05) is 5.73 Å². The molecule has 5 rings (SSSR count). The van der Waals surface area contributed by atoms with Crippen LogP contribution in [0.25, 0.3) is 33.1 Å². The Balaban J connectivity index is 1.74. The number of anilines is 1. The number of nitrogens with zero attached hydrogens (tertiary/aromatic N) is 2. The number of H-pyrrole nitrogens is 2. The number of hydrogen-bond donors (Lipinski definition) is 3. The summed E-state index contributed by atoms with van der Waals surface area (Å²) in [4.78, 5) is 8.02. The van der Waals surface area contributed by atoms with E-state index in [0.717, 1.165) is 38.6 Å². The van der Waals surface area contributed by atoms with Crippen molar-refractivity contribution in [3.05, 3.63) is 41.7 Å². The fraction of sp³-hybridized carbons (Fsp3) is 0.304. The molecule has 28 heavy (non-hydrogen) atoms. The summed E-state index contributed by atoms with van der Waals surface area (Å²) in [5.41, 5.74) is 12.3. The highest BCUT2D eigenvalue weighted by Crippen LogP contribution is 2.42. The summed E-state index contributed by atoms with van der Waals surface area (Å²) in [6, 6.07) is 8.52. The largest absolute Gasteiger partial charge is 0.382 e. The molecule has 0 spiro atoms. The molecule has 4 aromatic rings. The number of nitrogens with one attached hydrogen (secondary N) is 2. The molecule has 0 amide bonds. The van der Waals surface area contributed by atoms with Gasteiger partial charge in [-0.05, 0) is 74.9 Å². The van der Waals surface area contributed by atoms with Crippen molar-refractivity contribution in [2.24, 2.45) is 5.41 Å². The van der Waals surface area contributed by atoms with Crippen molar-refractivity contribution in [1.82, 2.24) is 20.2 Å². The lowest BCUT2D eigenvalue weighted by Crippen LogP contribution is -1.99. The Morgan fingerprint density at radius 3 is 2.71 bits per heavy atom. The summed E-state index contributed by atoms with van der Waals surface area (Å²) in [5, 5.41) is 9.28. The Labute approximate surface area is 163 Å². The summed E-state index contributed by atoms with van der Waals surface area (Å²) >= 11 is 0. The van der Waals surface area contributed by atoms with Gasteiger partial charge >= 0.3 is 0 Å². The Bertz CT molecular complexity index is 1270. The molecule has 4 N–H and O–H groups in total. The maximum atomic E-state index is 6.13. The van der Waals surface area contributed by atoms with Gasteiger partial charge in [-0.15, -0.1) is 0 Å². The molecule has 1 saturated carbocycles. The van der Waals surface area contributed by atoms with Crippen LogP contribution >= 0.6 is 0 Å². The standard InChI is InChI=1S/C23H23N5/c1-23(2,3)8-6-14-10-15(11-18-20(14)27-28-21(18)24)16-7-9-25-22-17(16)12-19(26-22)13-4-5-13/h7,9-13H,4-5H2,1-3H3,(H,25,26)(H3,24,27,28). The third kappa shape index (κ3) is 2.91. The zero-order valence-corrected chi connectivity index (χ0v) is 16.4. The predicted molar refractivity (Wildman–Crippen MR) is 114 cm³/mol. The van der Waals surface area contributed by atoms with Crippen LogP contribution in [0.4, 0.5) is 5.82 Å². The zero-order valence-electron chi connectivity index (χ0n) is 16.4. The molecular formula is C23H23N5. The molecule has 0 bridgehead atoms. The van der Waals surface area contributed by atoms with Crippen molar-refractivity contribution in [3.8, 4) is 23.0 Å². The molecule has 3 heterocycles. The summed E-state index contributed by atoms with van der Waals surface area (Å²) in [6.45, 7) is 6.32. The average Bonchev–Trinajstić information content (AvgIpc) is 3.31. The highest BCUT2D eigenvalue weighted by Gasteiger charge is 2.26. The quantitative estimate of drug-likeness (QED) is 0.437. The van der Waals surface area contributed by atoms with Gasteiger partial charge in [-0.1, -0.05) is 11.8 Å². The van der Waals surface area contributed by atoms with Crippen LogP contribution in [0.1, 0.15) is 50.8 Å². The van der Waals surface area contributed by atoms with Crippen LogP contribution in [0.15, 0.2) is 30.5 Å². The first-order valence-corrected chi connectivity index (χ1v) is 9.68. The summed E-state index contributed by atoms with van der Waals surface area (Å²) < 4.78 is 0. The van der Waals surface area contributed by atoms with E-state index in [4.69, 9.17) is 5.73 Å². The minimum absolute atomic E-state index is 0.0857. The van der Waals surface area contributed by atoms with E-state index < -0.39 is 0 Å². The number of aromatic amines is 2. The lowest BCUT2D eigenvalue weighted by atomic mass is 9.95. The second kappa shape index (κ2) is 5.87. The first-order chi connectivity index (χ1) is 13.4. The van der Waals surface area contributed by atoms with Crippen LogP contribution < -0.4 is 5.73 Å². The first kappa shape index (κ1) is 16.9. The van der Waals surface area contributed by atoms with Crippen LogP contribution in [-0.2, 0) is 0 Å². The van der Waals surface area contributed by atoms with Crippen LogP contribution in [0.3, 0.4) is 0 Å². The van der Waals surface area contributed by atoms with Crippen molar-refractivity contribution >= 4 is 27.8 Å². The number of nitrogens with two attached hydrogens (primary N) is 1. The molecule has 3 aromatic heterocycles. The zero-order chi connectivity index (χ0) is 19.5. The normalized spacial score (nSPS) is 14.4. The van der Waals surface area contributed by atoms with Crippen LogP contribution in [-0.4, -0.2) is 20.2 Å². The number of pyridine rings is 1. The van der Waals surface area contributed by atoms with Gasteiger partial charge < -0.3 is 10.7 Å². The van der Waals surface area contributed by atoms with E-state index in [1.807, 2.05) is 6.20 Å². The van der Waals surface area contributed by atoms with E-state index in [2.05, 4.69) is 77.0 Å². The molecule has 0 saturated heterocycles. The van der Waals surface area contributed by atoms with E-state index in [1.54, 1.807) is 0 Å². The third-order valence-corrected chi connectivity index (χ3v) is 5.16. The maximum Gasteiger partial charge on any atom is 0.153 e. The van der Waals surface area contributed by atoms with E-state index in [1.165, 1.54) is 18.5 Å². The molecule has 140 valence electrons. The summed E-state index contributed by atoms with van der Waals surface area (Å²) in [6.07, 6.45) is 4.37. The molecule has 0 radical (unpaired) electrons. The number of aromatic nitrogens is 4. The third-order valence-electron chi connectivity index (χ3n) is 5.16. The van der Waals surface area contributed by atoms with Gasteiger partial charge in [0, 0.05) is 28.1 Å². The molecule has 1 fully saturated rings. The molecule has 1 aromatic carbocycles. The Kier molecular flexibility index (Phi) is 3.54.